The van der Waals surface area contributed by atoms with E-state index in [1.54, 1.807) is 19.3 Å². The largest absolute Gasteiger partial charge is 0.493 e. The van der Waals surface area contributed by atoms with Crippen LogP contribution >= 0.6 is 15.9 Å². The molecular weight excluding hydrogens is 364 g/mol. The van der Waals surface area contributed by atoms with E-state index in [1.807, 2.05) is 19.9 Å². The monoisotopic (exact) mass is 382 g/mol. The fraction of sp³-hybridized carbons (Fsp3) is 0.375. The molecule has 7 heteroatoms. The first kappa shape index (κ1) is 17.3. The molecule has 124 valence electrons. The van der Waals surface area contributed by atoms with Crippen LogP contribution in [-0.2, 0) is 4.79 Å². The number of hydrogen-bond donors (Lipinski definition) is 1. The maximum atomic E-state index is 11.9. The van der Waals surface area contributed by atoms with Gasteiger partial charge in [-0.15, -0.1) is 0 Å². The Labute approximate surface area is 143 Å². The lowest BCUT2D eigenvalue weighted by Gasteiger charge is -2.17. The predicted molar refractivity (Wildman–Crippen MR) is 90.4 cm³/mol. The first-order chi connectivity index (χ1) is 10.9. The van der Waals surface area contributed by atoms with Gasteiger partial charge in [-0.05, 0) is 53.0 Å². The quantitative estimate of drug-likeness (QED) is 0.627. The van der Waals surface area contributed by atoms with Gasteiger partial charge in [-0.2, -0.15) is 0 Å². The first-order valence-electron chi connectivity index (χ1n) is 7.22. The Balaban J connectivity index is 2.37. The molecule has 0 spiro atoms. The SMILES string of the molecule is CC[C@@H](C)Oc1c(Br)cc(/C=C2/NC(=O)N(C)C2=O)cc1OC. The molecule has 1 fully saturated rings. The van der Waals surface area contributed by atoms with Gasteiger partial charge >= 0.3 is 6.03 Å². The highest BCUT2D eigenvalue weighted by Gasteiger charge is 2.30. The van der Waals surface area contributed by atoms with Crippen LogP contribution in [0.25, 0.3) is 6.08 Å². The Morgan fingerprint density at radius 1 is 1.39 bits per heavy atom. The zero-order valence-electron chi connectivity index (χ0n) is 13.5. The topological polar surface area (TPSA) is 67.9 Å². The minimum Gasteiger partial charge on any atom is -0.493 e. The van der Waals surface area contributed by atoms with Crippen molar-refractivity contribution in [3.05, 3.63) is 27.9 Å². The molecule has 3 amide bonds. The molecule has 1 N–H and O–H groups in total. The number of likely N-dealkylation sites (N-methyl/N-ethyl adjacent to an activating group) is 1. The molecule has 0 aliphatic carbocycles. The summed E-state index contributed by atoms with van der Waals surface area (Å²) in [5, 5.41) is 2.53. The van der Waals surface area contributed by atoms with Gasteiger partial charge in [0.15, 0.2) is 11.5 Å². The fourth-order valence-corrected chi connectivity index (χ4v) is 2.57. The number of carbonyl (C=O) groups is 2. The Hall–Kier alpha value is -2.02. The highest BCUT2D eigenvalue weighted by molar-refractivity contribution is 9.10. The van der Waals surface area contributed by atoms with Gasteiger partial charge in [0, 0.05) is 7.05 Å². The van der Waals surface area contributed by atoms with Gasteiger partial charge in [-0.25, -0.2) is 4.79 Å². The zero-order valence-corrected chi connectivity index (χ0v) is 15.1. The minimum absolute atomic E-state index is 0.0498. The van der Waals surface area contributed by atoms with Gasteiger partial charge < -0.3 is 14.8 Å². The van der Waals surface area contributed by atoms with Crippen molar-refractivity contribution in [1.29, 1.82) is 0 Å². The van der Waals surface area contributed by atoms with Crippen LogP contribution in [0.5, 0.6) is 11.5 Å². The molecule has 1 atom stereocenters. The number of nitrogens with zero attached hydrogens (tertiary/aromatic N) is 1. The number of rotatable bonds is 5. The third-order valence-corrected chi connectivity index (χ3v) is 4.13. The van der Waals surface area contributed by atoms with Gasteiger partial charge in [0.25, 0.3) is 5.91 Å². The maximum absolute atomic E-state index is 11.9. The number of ether oxygens (including phenoxy) is 2. The second-order valence-corrected chi connectivity index (χ2v) is 6.08. The van der Waals surface area contributed by atoms with E-state index in [4.69, 9.17) is 9.47 Å². The summed E-state index contributed by atoms with van der Waals surface area (Å²) in [6, 6.07) is 3.13. The number of methoxy groups -OCH3 is 1. The lowest BCUT2D eigenvalue weighted by Crippen LogP contribution is -2.25. The van der Waals surface area contributed by atoms with E-state index >= 15 is 0 Å². The molecule has 1 aliphatic heterocycles. The van der Waals surface area contributed by atoms with Crippen LogP contribution in [0.2, 0.25) is 0 Å². The van der Waals surface area contributed by atoms with E-state index in [2.05, 4.69) is 21.2 Å². The average Bonchev–Trinajstić information content (AvgIpc) is 2.76. The number of amides is 3. The lowest BCUT2D eigenvalue weighted by molar-refractivity contribution is -0.121. The van der Waals surface area contributed by atoms with Crippen LogP contribution in [0, 0.1) is 0 Å². The number of urea groups is 1. The van der Waals surface area contributed by atoms with Gasteiger partial charge in [-0.1, -0.05) is 6.92 Å². The molecule has 0 aromatic heterocycles. The lowest BCUT2D eigenvalue weighted by atomic mass is 10.1. The number of hydrogen-bond acceptors (Lipinski definition) is 4. The van der Waals surface area contributed by atoms with Crippen molar-refractivity contribution in [3.8, 4) is 11.5 Å². The number of carbonyl (C=O) groups excluding carboxylic acids is 2. The Morgan fingerprint density at radius 3 is 2.61 bits per heavy atom. The second kappa shape index (κ2) is 7.04. The standard InChI is InChI=1S/C16H19BrN2O4/c1-5-9(2)23-14-11(17)6-10(8-13(14)22-4)7-12-15(20)19(3)16(21)18-12/h6-9H,5H2,1-4H3,(H,18,21)/b12-7+/t9-/m1/s1. The normalized spacial score (nSPS) is 17.4. The van der Waals surface area contributed by atoms with Gasteiger partial charge in [0.2, 0.25) is 0 Å². The molecule has 0 unspecified atom stereocenters. The summed E-state index contributed by atoms with van der Waals surface area (Å²) >= 11 is 3.47. The number of imide groups is 1. The van der Waals surface area contributed by atoms with E-state index in [9.17, 15) is 9.59 Å². The molecule has 0 saturated carbocycles. The number of benzene rings is 1. The Bertz CT molecular complexity index is 672. The van der Waals surface area contributed by atoms with E-state index < -0.39 is 6.03 Å². The molecule has 1 heterocycles. The summed E-state index contributed by atoms with van der Waals surface area (Å²) in [5.74, 6) is 0.796. The molecule has 0 radical (unpaired) electrons. The zero-order chi connectivity index (χ0) is 17.1. The van der Waals surface area contributed by atoms with Crippen molar-refractivity contribution in [2.24, 2.45) is 0 Å². The molecule has 2 rings (SSSR count). The molecule has 1 aromatic carbocycles. The van der Waals surface area contributed by atoms with Crippen LogP contribution in [0.15, 0.2) is 22.3 Å². The smallest absolute Gasteiger partial charge is 0.328 e. The van der Waals surface area contributed by atoms with E-state index in [0.717, 1.165) is 11.3 Å². The summed E-state index contributed by atoms with van der Waals surface area (Å²) in [4.78, 5) is 24.4. The van der Waals surface area contributed by atoms with E-state index in [-0.39, 0.29) is 17.7 Å². The molecule has 1 saturated heterocycles. The van der Waals surface area contributed by atoms with Gasteiger partial charge in [0.05, 0.1) is 17.7 Å². The Morgan fingerprint density at radius 2 is 2.09 bits per heavy atom. The maximum Gasteiger partial charge on any atom is 0.328 e. The third-order valence-electron chi connectivity index (χ3n) is 3.54. The van der Waals surface area contributed by atoms with Gasteiger partial charge in [0.1, 0.15) is 5.70 Å². The van der Waals surface area contributed by atoms with Crippen LogP contribution in [-0.4, -0.2) is 37.1 Å². The average molecular weight is 383 g/mol. The van der Waals surface area contributed by atoms with Crippen molar-refractivity contribution in [2.75, 3.05) is 14.2 Å². The Kier molecular flexibility index (Phi) is 5.30. The van der Waals surface area contributed by atoms with Crippen LogP contribution in [0.1, 0.15) is 25.8 Å². The molecule has 6 nitrogen and oxygen atoms in total. The first-order valence-corrected chi connectivity index (χ1v) is 8.01. The predicted octanol–water partition coefficient (Wildman–Crippen LogP) is 3.16. The molecule has 0 bridgehead atoms. The van der Waals surface area contributed by atoms with E-state index in [0.29, 0.717) is 21.5 Å². The summed E-state index contributed by atoms with van der Waals surface area (Å²) < 4.78 is 12.0. The van der Waals surface area contributed by atoms with Crippen molar-refractivity contribution in [2.45, 2.75) is 26.4 Å². The molecule has 23 heavy (non-hydrogen) atoms. The number of nitrogens with one attached hydrogen (secondary N) is 1. The highest BCUT2D eigenvalue weighted by Crippen LogP contribution is 2.38. The van der Waals surface area contributed by atoms with Crippen molar-refractivity contribution in [3.63, 3.8) is 0 Å². The molecular formula is C16H19BrN2O4. The summed E-state index contributed by atoms with van der Waals surface area (Å²) in [5.41, 5.74) is 0.936. The van der Waals surface area contributed by atoms with Crippen LogP contribution in [0.4, 0.5) is 4.79 Å². The van der Waals surface area contributed by atoms with Gasteiger partial charge in [-0.3, -0.25) is 9.69 Å². The molecule has 1 aromatic rings. The summed E-state index contributed by atoms with van der Waals surface area (Å²) in [6.07, 6.45) is 2.52. The highest BCUT2D eigenvalue weighted by atomic mass is 79.9. The number of halogens is 1. The van der Waals surface area contributed by atoms with Crippen LogP contribution < -0.4 is 14.8 Å². The second-order valence-electron chi connectivity index (χ2n) is 5.22. The van der Waals surface area contributed by atoms with Crippen molar-refractivity contribution < 1.29 is 19.1 Å². The summed E-state index contributed by atoms with van der Waals surface area (Å²) in [7, 11) is 2.98. The summed E-state index contributed by atoms with van der Waals surface area (Å²) in [6.45, 7) is 4.01. The minimum atomic E-state index is -0.441. The molecule has 1 aliphatic rings. The fourth-order valence-electron chi connectivity index (χ4n) is 2.01. The van der Waals surface area contributed by atoms with Crippen molar-refractivity contribution in [1.82, 2.24) is 10.2 Å². The van der Waals surface area contributed by atoms with Crippen LogP contribution in [0.3, 0.4) is 0 Å². The van der Waals surface area contributed by atoms with Crippen molar-refractivity contribution >= 4 is 33.9 Å². The van der Waals surface area contributed by atoms with E-state index in [1.165, 1.54) is 7.05 Å². The third kappa shape index (κ3) is 3.67.